The van der Waals surface area contributed by atoms with Gasteiger partial charge >= 0.3 is 6.03 Å². The highest BCUT2D eigenvalue weighted by molar-refractivity contribution is 5.89. The number of carbonyl (C=O) groups excluding carboxylic acids is 1. The molecule has 2 aliphatic heterocycles. The molecule has 2 fully saturated rings. The summed E-state index contributed by atoms with van der Waals surface area (Å²) in [7, 11) is 1.78. The van der Waals surface area contributed by atoms with Gasteiger partial charge in [-0.2, -0.15) is 0 Å². The number of rotatable bonds is 4. The fourth-order valence-corrected chi connectivity index (χ4v) is 4.16. The Balaban J connectivity index is 1.34. The Morgan fingerprint density at radius 2 is 1.93 bits per heavy atom. The number of piperidine rings is 1. The number of aromatic nitrogens is 1. The van der Waals surface area contributed by atoms with Gasteiger partial charge in [-0.05, 0) is 36.6 Å². The van der Waals surface area contributed by atoms with Gasteiger partial charge < -0.3 is 15.0 Å². The summed E-state index contributed by atoms with van der Waals surface area (Å²) in [6.45, 7) is 2.49. The van der Waals surface area contributed by atoms with Gasteiger partial charge in [-0.15, -0.1) is 0 Å². The van der Waals surface area contributed by atoms with Crippen LogP contribution in [0, 0.1) is 0 Å². The summed E-state index contributed by atoms with van der Waals surface area (Å²) in [6, 6.07) is 14.4. The average Bonchev–Trinajstić information content (AvgIpc) is 2.70. The van der Waals surface area contributed by atoms with Crippen LogP contribution >= 0.6 is 0 Å². The molecule has 2 amide bonds. The fourth-order valence-electron chi connectivity index (χ4n) is 4.16. The predicted molar refractivity (Wildman–Crippen MR) is 105 cm³/mol. The Labute approximate surface area is 160 Å². The zero-order valence-electron chi connectivity index (χ0n) is 15.6. The molecule has 0 unspecified atom stereocenters. The lowest BCUT2D eigenvalue weighted by atomic mass is 9.88. The molecule has 1 aromatic heterocycles. The third-order valence-corrected chi connectivity index (χ3v) is 5.67. The number of hydrogen-bond donors (Lipinski definition) is 1. The Morgan fingerprint density at radius 1 is 1.15 bits per heavy atom. The monoisotopic (exact) mass is 366 g/mol. The average molecular weight is 366 g/mol. The summed E-state index contributed by atoms with van der Waals surface area (Å²) in [6.07, 6.45) is 5.92. The topological polar surface area (TPSA) is 57.7 Å². The van der Waals surface area contributed by atoms with Crippen molar-refractivity contribution in [2.75, 3.05) is 32.1 Å². The number of pyridine rings is 1. The number of para-hydroxylation sites is 1. The molecular weight excluding hydrogens is 340 g/mol. The Hall–Kier alpha value is -2.44. The molecule has 6 nitrogen and oxygen atoms in total. The van der Waals surface area contributed by atoms with Crippen LogP contribution in [0.5, 0.6) is 0 Å². The van der Waals surface area contributed by atoms with E-state index in [4.69, 9.17) is 4.74 Å². The summed E-state index contributed by atoms with van der Waals surface area (Å²) in [5.41, 5.74) is 2.05. The highest BCUT2D eigenvalue weighted by Crippen LogP contribution is 2.39. The van der Waals surface area contributed by atoms with Gasteiger partial charge in [-0.25, -0.2) is 4.79 Å². The standard InChI is InChI=1S/C21H26N4O2/c1-27-19-15-25(20(19)16-6-5-11-22-14-16)18-9-12-24(13-10-18)21(26)23-17-7-3-2-4-8-17/h2-8,11,14,18-20H,9-10,12-13,15H2,1H3,(H,23,26)/t19-,20-/m0/s1. The van der Waals surface area contributed by atoms with Gasteiger partial charge in [0.15, 0.2) is 0 Å². The van der Waals surface area contributed by atoms with Gasteiger partial charge in [0.25, 0.3) is 0 Å². The van der Waals surface area contributed by atoms with Crippen molar-refractivity contribution in [1.29, 1.82) is 0 Å². The second-order valence-electron chi connectivity index (χ2n) is 7.22. The van der Waals surface area contributed by atoms with E-state index in [2.05, 4.69) is 21.3 Å². The van der Waals surface area contributed by atoms with E-state index in [1.165, 1.54) is 5.56 Å². The molecule has 1 N–H and O–H groups in total. The number of carbonyl (C=O) groups is 1. The van der Waals surface area contributed by atoms with Gasteiger partial charge in [0.05, 0.1) is 12.1 Å². The highest BCUT2D eigenvalue weighted by atomic mass is 16.5. The number of hydrogen-bond acceptors (Lipinski definition) is 4. The number of nitrogens with one attached hydrogen (secondary N) is 1. The minimum Gasteiger partial charge on any atom is -0.378 e. The third-order valence-electron chi connectivity index (χ3n) is 5.67. The first-order valence-corrected chi connectivity index (χ1v) is 9.55. The predicted octanol–water partition coefficient (Wildman–Crippen LogP) is 3.15. The van der Waals surface area contributed by atoms with E-state index in [1.54, 1.807) is 13.3 Å². The largest absolute Gasteiger partial charge is 0.378 e. The van der Waals surface area contributed by atoms with Gasteiger partial charge in [0.2, 0.25) is 0 Å². The maximum atomic E-state index is 12.5. The maximum Gasteiger partial charge on any atom is 0.321 e. The number of likely N-dealkylation sites (tertiary alicyclic amines) is 2. The van der Waals surface area contributed by atoms with E-state index in [1.807, 2.05) is 47.5 Å². The molecule has 142 valence electrons. The van der Waals surface area contributed by atoms with E-state index >= 15 is 0 Å². The number of amides is 2. The zero-order valence-corrected chi connectivity index (χ0v) is 15.6. The van der Waals surface area contributed by atoms with E-state index in [-0.39, 0.29) is 18.2 Å². The summed E-state index contributed by atoms with van der Waals surface area (Å²) in [5.74, 6) is 0. The Kier molecular flexibility index (Phi) is 5.36. The van der Waals surface area contributed by atoms with Crippen molar-refractivity contribution in [2.45, 2.75) is 31.0 Å². The summed E-state index contributed by atoms with van der Waals surface area (Å²) >= 11 is 0. The summed E-state index contributed by atoms with van der Waals surface area (Å²) < 4.78 is 5.66. The second-order valence-corrected chi connectivity index (χ2v) is 7.22. The van der Waals surface area contributed by atoms with E-state index in [0.717, 1.165) is 38.2 Å². The van der Waals surface area contributed by atoms with Crippen molar-refractivity contribution in [3.8, 4) is 0 Å². The van der Waals surface area contributed by atoms with E-state index < -0.39 is 0 Å². The molecular formula is C21H26N4O2. The molecule has 27 heavy (non-hydrogen) atoms. The van der Waals surface area contributed by atoms with Crippen LogP contribution in [-0.2, 0) is 4.74 Å². The molecule has 0 spiro atoms. The molecule has 3 heterocycles. The molecule has 4 rings (SSSR count). The number of urea groups is 1. The molecule has 0 radical (unpaired) electrons. The van der Waals surface area contributed by atoms with Crippen LogP contribution in [0.2, 0.25) is 0 Å². The maximum absolute atomic E-state index is 12.5. The number of nitrogens with zero attached hydrogens (tertiary/aromatic N) is 3. The van der Waals surface area contributed by atoms with Crippen LogP contribution in [0.3, 0.4) is 0 Å². The molecule has 0 saturated carbocycles. The smallest absolute Gasteiger partial charge is 0.321 e. The van der Waals surface area contributed by atoms with Crippen LogP contribution < -0.4 is 5.32 Å². The Morgan fingerprint density at radius 3 is 2.59 bits per heavy atom. The van der Waals surface area contributed by atoms with Gasteiger partial charge in [-0.3, -0.25) is 9.88 Å². The van der Waals surface area contributed by atoms with Crippen molar-refractivity contribution in [3.05, 3.63) is 60.4 Å². The molecule has 1 aromatic carbocycles. The summed E-state index contributed by atoms with van der Waals surface area (Å²) in [5, 5.41) is 2.98. The number of ether oxygens (including phenoxy) is 1. The first kappa shape index (κ1) is 17.9. The molecule has 2 aromatic rings. The molecule has 2 atom stereocenters. The molecule has 2 saturated heterocycles. The molecule has 2 aliphatic rings. The third kappa shape index (κ3) is 3.82. The molecule has 0 bridgehead atoms. The minimum atomic E-state index is -0.0122. The van der Waals surface area contributed by atoms with Gasteiger partial charge in [0, 0.05) is 50.9 Å². The van der Waals surface area contributed by atoms with Crippen LogP contribution in [0.4, 0.5) is 10.5 Å². The van der Waals surface area contributed by atoms with Crippen LogP contribution in [0.15, 0.2) is 54.9 Å². The van der Waals surface area contributed by atoms with E-state index in [9.17, 15) is 4.79 Å². The van der Waals surface area contributed by atoms with Gasteiger partial charge in [0.1, 0.15) is 0 Å². The zero-order chi connectivity index (χ0) is 18.6. The lowest BCUT2D eigenvalue weighted by Gasteiger charge is -2.52. The lowest BCUT2D eigenvalue weighted by Crippen LogP contribution is -2.60. The number of methoxy groups -OCH3 is 1. The minimum absolute atomic E-state index is 0.0122. The Bertz CT molecular complexity index is 747. The summed E-state index contributed by atoms with van der Waals surface area (Å²) in [4.78, 5) is 21.2. The molecule has 6 heteroatoms. The van der Waals surface area contributed by atoms with Crippen molar-refractivity contribution >= 4 is 11.7 Å². The SMILES string of the molecule is CO[C@H]1CN(C2CCN(C(=O)Nc3ccccc3)CC2)[C@H]1c1cccnc1. The van der Waals surface area contributed by atoms with Crippen molar-refractivity contribution < 1.29 is 9.53 Å². The quantitative estimate of drug-likeness (QED) is 0.903. The lowest BCUT2D eigenvalue weighted by molar-refractivity contribution is -0.115. The van der Waals surface area contributed by atoms with Crippen molar-refractivity contribution in [1.82, 2.24) is 14.8 Å². The van der Waals surface area contributed by atoms with Crippen LogP contribution in [0.1, 0.15) is 24.4 Å². The first-order valence-electron chi connectivity index (χ1n) is 9.55. The first-order chi connectivity index (χ1) is 13.3. The number of anilines is 1. The van der Waals surface area contributed by atoms with Crippen molar-refractivity contribution in [2.24, 2.45) is 0 Å². The van der Waals surface area contributed by atoms with Gasteiger partial charge in [-0.1, -0.05) is 24.3 Å². The highest BCUT2D eigenvalue weighted by Gasteiger charge is 2.44. The normalized spacial score (nSPS) is 23.7. The number of benzene rings is 1. The second kappa shape index (κ2) is 8.06. The van der Waals surface area contributed by atoms with Crippen molar-refractivity contribution in [3.63, 3.8) is 0 Å². The fraction of sp³-hybridized carbons (Fsp3) is 0.429. The molecule has 0 aliphatic carbocycles. The van der Waals surface area contributed by atoms with E-state index in [0.29, 0.717) is 6.04 Å². The van der Waals surface area contributed by atoms with Crippen LogP contribution in [0.25, 0.3) is 0 Å². The van der Waals surface area contributed by atoms with Crippen LogP contribution in [-0.4, -0.2) is 59.7 Å².